The normalized spacial score (nSPS) is 16.3. The van der Waals surface area contributed by atoms with Crippen LogP contribution < -0.4 is 0 Å². The molecule has 8 heteroatoms. The van der Waals surface area contributed by atoms with Crippen LogP contribution in [0.1, 0.15) is 38.1 Å². The van der Waals surface area contributed by atoms with Crippen molar-refractivity contribution in [2.24, 2.45) is 0 Å². The van der Waals surface area contributed by atoms with Gasteiger partial charge in [0.1, 0.15) is 6.33 Å². The third-order valence-electron chi connectivity index (χ3n) is 3.81. The summed E-state index contributed by atoms with van der Waals surface area (Å²) in [4.78, 5) is 22.4. The first-order valence-electron chi connectivity index (χ1n) is 8.44. The first-order chi connectivity index (χ1) is 12.6. The van der Waals surface area contributed by atoms with E-state index in [-0.39, 0.29) is 5.91 Å². The Morgan fingerprint density at radius 2 is 2.31 bits per heavy atom. The maximum absolute atomic E-state index is 12.1. The Labute approximate surface area is 160 Å². The van der Waals surface area contributed by atoms with E-state index in [0.717, 1.165) is 47.9 Å². The summed E-state index contributed by atoms with van der Waals surface area (Å²) in [7, 11) is 0. The zero-order valence-corrected chi connectivity index (χ0v) is 16.1. The fourth-order valence-electron chi connectivity index (χ4n) is 2.47. The van der Waals surface area contributed by atoms with Gasteiger partial charge in [-0.3, -0.25) is 9.36 Å². The van der Waals surface area contributed by atoms with Crippen LogP contribution in [0.4, 0.5) is 0 Å². The molecular weight excluding hydrogens is 370 g/mol. The molecule has 0 radical (unpaired) electrons. The lowest BCUT2D eigenvalue weighted by Crippen LogP contribution is -2.07. The molecular formula is C18H21N3O3S2. The molecule has 1 unspecified atom stereocenters. The number of hydrogen-bond donors (Lipinski definition) is 1. The first-order valence-corrected chi connectivity index (χ1v) is 10.1. The molecule has 1 aliphatic heterocycles. The maximum Gasteiger partial charge on any atom is 0.273 e. The summed E-state index contributed by atoms with van der Waals surface area (Å²) >= 11 is 3.22. The van der Waals surface area contributed by atoms with Gasteiger partial charge < -0.3 is 9.84 Å². The Bertz CT molecular complexity index is 820. The molecule has 3 aromatic rings. The molecule has 6 nitrogen and oxygen atoms in total. The van der Waals surface area contributed by atoms with Gasteiger partial charge in [0, 0.05) is 35.7 Å². The van der Waals surface area contributed by atoms with Crippen LogP contribution in [-0.4, -0.2) is 38.4 Å². The van der Waals surface area contributed by atoms with E-state index in [1.54, 1.807) is 35.1 Å². The van der Waals surface area contributed by atoms with Gasteiger partial charge in [0.15, 0.2) is 6.29 Å². The van der Waals surface area contributed by atoms with Crippen LogP contribution in [0.5, 0.6) is 0 Å². The van der Waals surface area contributed by atoms with E-state index in [0.29, 0.717) is 0 Å². The van der Waals surface area contributed by atoms with Gasteiger partial charge in [-0.25, -0.2) is 9.97 Å². The number of aliphatic hydroxyl groups excluding tert-OH is 1. The van der Waals surface area contributed by atoms with Crippen molar-refractivity contribution in [3.63, 3.8) is 0 Å². The third kappa shape index (κ3) is 5.31. The lowest BCUT2D eigenvalue weighted by Gasteiger charge is -1.97. The molecule has 4 rings (SSSR count). The Hall–Kier alpha value is -1.87. The van der Waals surface area contributed by atoms with Crippen molar-refractivity contribution in [2.45, 2.75) is 38.9 Å². The minimum Gasteiger partial charge on any atom is -0.368 e. The predicted molar refractivity (Wildman–Crippen MR) is 102 cm³/mol. The summed E-state index contributed by atoms with van der Waals surface area (Å²) in [5, 5.41) is 11.7. The highest BCUT2D eigenvalue weighted by atomic mass is 32.1. The number of thiazole rings is 1. The summed E-state index contributed by atoms with van der Waals surface area (Å²) in [5.41, 5.74) is 1.13. The molecule has 1 saturated heterocycles. The second kappa shape index (κ2) is 9.18. The minimum atomic E-state index is -0.454. The van der Waals surface area contributed by atoms with Gasteiger partial charge in [0.25, 0.3) is 5.91 Å². The number of nitrogens with zero attached hydrogens (tertiary/aromatic N) is 3. The highest BCUT2D eigenvalue weighted by Crippen LogP contribution is 2.20. The van der Waals surface area contributed by atoms with E-state index >= 15 is 0 Å². The molecule has 4 heterocycles. The molecule has 1 fully saturated rings. The number of aryl methyl sites for hydroxylation is 3. The monoisotopic (exact) mass is 391 g/mol. The van der Waals surface area contributed by atoms with Crippen LogP contribution in [0.3, 0.4) is 0 Å². The van der Waals surface area contributed by atoms with Crippen LogP contribution in [-0.2, 0) is 17.6 Å². The number of carbonyl (C=O) groups excluding carboxylic acids is 1. The van der Waals surface area contributed by atoms with Crippen LogP contribution >= 0.6 is 22.7 Å². The molecule has 1 N–H and O–H groups in total. The Morgan fingerprint density at radius 3 is 2.88 bits per heavy atom. The second-order valence-electron chi connectivity index (χ2n) is 5.87. The molecule has 0 aromatic carbocycles. The quantitative estimate of drug-likeness (QED) is 0.738. The fourth-order valence-corrected chi connectivity index (χ4v) is 4.07. The number of thiophene rings is 1. The van der Waals surface area contributed by atoms with E-state index in [9.17, 15) is 4.79 Å². The standard InChI is InChI=1S/C14H13N3OS2.C4H8O2/c1-10-16-11(8-19-10)2-3-12-4-5-13(20-12)14(18)17-7-6-15-9-17;5-4-2-1-3-6-4/h4-9H,2-3H2,1H3;4-5H,1-3H2. The van der Waals surface area contributed by atoms with Crippen LogP contribution in [0.15, 0.2) is 36.2 Å². The maximum atomic E-state index is 12.1. The zero-order chi connectivity index (χ0) is 18.4. The van der Waals surface area contributed by atoms with E-state index in [1.165, 1.54) is 15.8 Å². The fraction of sp³-hybridized carbons (Fsp3) is 0.389. The molecule has 0 aliphatic carbocycles. The average molecular weight is 392 g/mol. The predicted octanol–water partition coefficient (Wildman–Crippen LogP) is 3.30. The first kappa shape index (κ1) is 18.9. The summed E-state index contributed by atoms with van der Waals surface area (Å²) in [5.74, 6) is -0.0248. The van der Waals surface area contributed by atoms with Crippen molar-refractivity contribution in [1.82, 2.24) is 14.5 Å². The van der Waals surface area contributed by atoms with Gasteiger partial charge in [-0.2, -0.15) is 0 Å². The number of hydrogen-bond acceptors (Lipinski definition) is 7. The molecule has 26 heavy (non-hydrogen) atoms. The van der Waals surface area contributed by atoms with Crippen molar-refractivity contribution in [3.05, 3.63) is 56.7 Å². The van der Waals surface area contributed by atoms with E-state index in [4.69, 9.17) is 9.84 Å². The molecule has 0 bridgehead atoms. The molecule has 1 aliphatic rings. The number of rotatable bonds is 4. The topological polar surface area (TPSA) is 77.2 Å². The zero-order valence-electron chi connectivity index (χ0n) is 14.5. The number of aromatic nitrogens is 3. The van der Waals surface area contributed by atoms with Crippen molar-refractivity contribution in [1.29, 1.82) is 0 Å². The van der Waals surface area contributed by atoms with Crippen molar-refractivity contribution >= 4 is 28.6 Å². The van der Waals surface area contributed by atoms with Crippen molar-refractivity contribution in [3.8, 4) is 0 Å². The molecule has 0 spiro atoms. The van der Waals surface area contributed by atoms with E-state index in [2.05, 4.69) is 15.3 Å². The highest BCUT2D eigenvalue weighted by Gasteiger charge is 2.11. The van der Waals surface area contributed by atoms with Gasteiger partial charge in [-0.05, 0) is 38.3 Å². The summed E-state index contributed by atoms with van der Waals surface area (Å²) in [6, 6.07) is 3.91. The van der Waals surface area contributed by atoms with E-state index < -0.39 is 6.29 Å². The minimum absolute atomic E-state index is 0.0248. The van der Waals surface area contributed by atoms with Gasteiger partial charge >= 0.3 is 0 Å². The van der Waals surface area contributed by atoms with Crippen LogP contribution in [0.2, 0.25) is 0 Å². The van der Waals surface area contributed by atoms with Crippen LogP contribution in [0, 0.1) is 6.92 Å². The second-order valence-corrected chi connectivity index (χ2v) is 8.10. The molecule has 138 valence electrons. The molecule has 0 saturated carbocycles. The largest absolute Gasteiger partial charge is 0.368 e. The van der Waals surface area contributed by atoms with Gasteiger partial charge in [-0.1, -0.05) is 0 Å². The Kier molecular flexibility index (Phi) is 6.67. The van der Waals surface area contributed by atoms with Crippen LogP contribution in [0.25, 0.3) is 0 Å². The van der Waals surface area contributed by atoms with Gasteiger partial charge in [0.05, 0.1) is 15.6 Å². The Morgan fingerprint density at radius 1 is 1.42 bits per heavy atom. The lowest BCUT2D eigenvalue weighted by atomic mass is 10.2. The number of imidazole rings is 1. The third-order valence-corrected chi connectivity index (χ3v) is 5.77. The van der Waals surface area contributed by atoms with E-state index in [1.807, 2.05) is 19.1 Å². The lowest BCUT2D eigenvalue weighted by molar-refractivity contribution is -0.0589. The van der Waals surface area contributed by atoms with Crippen molar-refractivity contribution < 1.29 is 14.6 Å². The van der Waals surface area contributed by atoms with Gasteiger partial charge in [-0.15, -0.1) is 22.7 Å². The number of ether oxygens (including phenoxy) is 1. The summed E-state index contributed by atoms with van der Waals surface area (Å²) < 4.78 is 6.21. The highest BCUT2D eigenvalue weighted by molar-refractivity contribution is 7.14. The summed E-state index contributed by atoms with van der Waals surface area (Å²) in [6.07, 6.45) is 8.02. The van der Waals surface area contributed by atoms with Gasteiger partial charge in [0.2, 0.25) is 0 Å². The average Bonchev–Trinajstić information content (AvgIpc) is 3.41. The molecule has 3 aromatic heterocycles. The smallest absolute Gasteiger partial charge is 0.273 e. The van der Waals surface area contributed by atoms with Crippen molar-refractivity contribution in [2.75, 3.05) is 6.61 Å². The Balaban J connectivity index is 0.000000278. The molecule has 0 amide bonds. The molecule has 1 atom stereocenters. The number of aliphatic hydroxyl groups is 1. The summed E-state index contributed by atoms with van der Waals surface area (Å²) in [6.45, 7) is 2.75. The SMILES string of the molecule is Cc1nc(CCc2ccc(C(=O)n3ccnc3)s2)cs1.OC1CCCO1. The number of carbonyl (C=O) groups is 1.